The molecule has 0 amide bonds. The molecule has 0 unspecified atom stereocenters. The Morgan fingerprint density at radius 2 is 2.00 bits per heavy atom. The lowest BCUT2D eigenvalue weighted by molar-refractivity contribution is 0.412. The molecule has 4 nitrogen and oxygen atoms in total. The summed E-state index contributed by atoms with van der Waals surface area (Å²) in [6, 6.07) is 4.07. The molecule has 0 saturated carbocycles. The summed E-state index contributed by atoms with van der Waals surface area (Å²) in [7, 11) is 3.61. The molecule has 0 aliphatic heterocycles. The van der Waals surface area contributed by atoms with Gasteiger partial charge in [-0.15, -0.1) is 0 Å². The van der Waals surface area contributed by atoms with E-state index in [2.05, 4.69) is 38.9 Å². The largest absolute Gasteiger partial charge is 0.494 e. The normalized spacial score (nSPS) is 11.7. The van der Waals surface area contributed by atoms with Gasteiger partial charge in [-0.25, -0.2) is 4.98 Å². The minimum atomic E-state index is 0.00492. The molecule has 20 heavy (non-hydrogen) atoms. The van der Waals surface area contributed by atoms with Gasteiger partial charge in [-0.3, -0.25) is 4.68 Å². The maximum atomic E-state index is 5.53. The van der Waals surface area contributed by atoms with Crippen molar-refractivity contribution in [2.24, 2.45) is 7.05 Å². The molecule has 0 saturated heterocycles. The Hall–Kier alpha value is -1.84. The third-order valence-electron chi connectivity index (χ3n) is 3.44. The van der Waals surface area contributed by atoms with Crippen molar-refractivity contribution in [3.05, 3.63) is 29.6 Å². The van der Waals surface area contributed by atoms with Crippen molar-refractivity contribution >= 4 is 0 Å². The average molecular weight is 273 g/mol. The summed E-state index contributed by atoms with van der Waals surface area (Å²) in [5, 5.41) is 4.22. The maximum Gasteiger partial charge on any atom is 0.147 e. The molecule has 2 heterocycles. The number of aryl methyl sites for hydroxylation is 2. The van der Waals surface area contributed by atoms with Crippen molar-refractivity contribution in [1.82, 2.24) is 14.8 Å². The highest BCUT2D eigenvalue weighted by Crippen LogP contribution is 2.34. The smallest absolute Gasteiger partial charge is 0.147 e. The van der Waals surface area contributed by atoms with Crippen molar-refractivity contribution in [2.75, 3.05) is 7.11 Å². The van der Waals surface area contributed by atoms with Gasteiger partial charge in [0.15, 0.2) is 0 Å². The SMILES string of the molecule is CCc1cc(OC)c(-c2ccnn2C)nc1C(C)(C)C. The quantitative estimate of drug-likeness (QED) is 0.861. The van der Waals surface area contributed by atoms with Crippen LogP contribution in [-0.4, -0.2) is 21.9 Å². The minimum absolute atomic E-state index is 0.00492. The van der Waals surface area contributed by atoms with Crippen LogP contribution in [0.15, 0.2) is 18.3 Å². The van der Waals surface area contributed by atoms with Crippen LogP contribution < -0.4 is 4.74 Å². The number of pyridine rings is 1. The Bertz CT molecular complexity index is 609. The number of hydrogen-bond acceptors (Lipinski definition) is 3. The van der Waals surface area contributed by atoms with E-state index in [-0.39, 0.29) is 5.41 Å². The molecule has 0 aliphatic carbocycles. The zero-order valence-corrected chi connectivity index (χ0v) is 13.2. The van der Waals surface area contributed by atoms with Crippen LogP contribution in [0.2, 0.25) is 0 Å². The molecular formula is C16H23N3O. The van der Waals surface area contributed by atoms with Gasteiger partial charge in [-0.2, -0.15) is 5.10 Å². The first-order chi connectivity index (χ1) is 9.38. The fraction of sp³-hybridized carbons (Fsp3) is 0.500. The molecule has 0 atom stereocenters. The molecule has 0 fully saturated rings. The van der Waals surface area contributed by atoms with Crippen LogP contribution in [0.1, 0.15) is 39.0 Å². The predicted octanol–water partition coefficient (Wildman–Crippen LogP) is 3.35. The zero-order chi connectivity index (χ0) is 14.9. The van der Waals surface area contributed by atoms with Crippen LogP contribution in [0.5, 0.6) is 5.75 Å². The highest BCUT2D eigenvalue weighted by Gasteiger charge is 2.23. The van der Waals surface area contributed by atoms with E-state index in [4.69, 9.17) is 9.72 Å². The van der Waals surface area contributed by atoms with Crippen LogP contribution in [0, 0.1) is 0 Å². The van der Waals surface area contributed by atoms with Crippen molar-refractivity contribution in [3.8, 4) is 17.1 Å². The van der Waals surface area contributed by atoms with E-state index in [1.165, 1.54) is 5.56 Å². The van der Waals surface area contributed by atoms with Gasteiger partial charge in [0.25, 0.3) is 0 Å². The van der Waals surface area contributed by atoms with Crippen LogP contribution in [-0.2, 0) is 18.9 Å². The second-order valence-corrected chi connectivity index (χ2v) is 5.99. The molecule has 0 N–H and O–H groups in total. The molecule has 4 heteroatoms. The van der Waals surface area contributed by atoms with Gasteiger partial charge < -0.3 is 4.74 Å². The maximum absolute atomic E-state index is 5.53. The molecule has 2 aromatic rings. The number of nitrogens with zero attached hydrogens (tertiary/aromatic N) is 3. The van der Waals surface area contributed by atoms with E-state index in [9.17, 15) is 0 Å². The third-order valence-corrected chi connectivity index (χ3v) is 3.44. The molecule has 2 aromatic heterocycles. The third kappa shape index (κ3) is 2.55. The fourth-order valence-electron chi connectivity index (χ4n) is 2.40. The van der Waals surface area contributed by atoms with Crippen LogP contribution in [0.3, 0.4) is 0 Å². The van der Waals surface area contributed by atoms with Crippen molar-refractivity contribution in [3.63, 3.8) is 0 Å². The van der Waals surface area contributed by atoms with Gasteiger partial charge in [0.2, 0.25) is 0 Å². The summed E-state index contributed by atoms with van der Waals surface area (Å²) < 4.78 is 7.35. The number of methoxy groups -OCH3 is 1. The van der Waals surface area contributed by atoms with Gasteiger partial charge in [0, 0.05) is 24.4 Å². The monoisotopic (exact) mass is 273 g/mol. The second kappa shape index (κ2) is 5.27. The molecular weight excluding hydrogens is 250 g/mol. The first-order valence-corrected chi connectivity index (χ1v) is 6.95. The van der Waals surface area contributed by atoms with Gasteiger partial charge in [0.1, 0.15) is 11.4 Å². The predicted molar refractivity (Wildman–Crippen MR) is 81.1 cm³/mol. The highest BCUT2D eigenvalue weighted by molar-refractivity contribution is 5.64. The van der Waals surface area contributed by atoms with E-state index in [1.807, 2.05) is 17.8 Å². The van der Waals surface area contributed by atoms with Gasteiger partial charge in [-0.05, 0) is 24.1 Å². The minimum Gasteiger partial charge on any atom is -0.494 e. The van der Waals surface area contributed by atoms with Gasteiger partial charge >= 0.3 is 0 Å². The van der Waals surface area contributed by atoms with E-state index < -0.39 is 0 Å². The van der Waals surface area contributed by atoms with Crippen molar-refractivity contribution < 1.29 is 4.74 Å². The lowest BCUT2D eigenvalue weighted by Crippen LogP contribution is -2.17. The second-order valence-electron chi connectivity index (χ2n) is 5.99. The number of hydrogen-bond donors (Lipinski definition) is 0. The summed E-state index contributed by atoms with van der Waals surface area (Å²) >= 11 is 0. The summed E-state index contributed by atoms with van der Waals surface area (Å²) in [6.07, 6.45) is 2.72. The molecule has 2 rings (SSSR count). The van der Waals surface area contributed by atoms with E-state index >= 15 is 0 Å². The van der Waals surface area contributed by atoms with Crippen LogP contribution in [0.25, 0.3) is 11.4 Å². The Morgan fingerprint density at radius 1 is 1.30 bits per heavy atom. The lowest BCUT2D eigenvalue weighted by Gasteiger charge is -2.23. The fourth-order valence-corrected chi connectivity index (χ4v) is 2.40. The van der Waals surface area contributed by atoms with E-state index in [1.54, 1.807) is 13.3 Å². The summed E-state index contributed by atoms with van der Waals surface area (Å²) in [4.78, 5) is 4.90. The molecule has 0 spiro atoms. The Morgan fingerprint density at radius 3 is 2.45 bits per heavy atom. The molecule has 0 aromatic carbocycles. The molecule has 108 valence electrons. The van der Waals surface area contributed by atoms with E-state index in [0.717, 1.165) is 29.3 Å². The highest BCUT2D eigenvalue weighted by atomic mass is 16.5. The van der Waals surface area contributed by atoms with Crippen molar-refractivity contribution in [2.45, 2.75) is 39.5 Å². The molecule has 0 aliphatic rings. The van der Waals surface area contributed by atoms with E-state index in [0.29, 0.717) is 0 Å². The Kier molecular flexibility index (Phi) is 3.84. The first kappa shape index (κ1) is 14.6. The Labute approximate surface area is 120 Å². The first-order valence-electron chi connectivity index (χ1n) is 6.95. The van der Waals surface area contributed by atoms with Gasteiger partial charge in [0.05, 0.1) is 12.8 Å². The number of rotatable bonds is 3. The van der Waals surface area contributed by atoms with Gasteiger partial charge in [-0.1, -0.05) is 27.7 Å². The topological polar surface area (TPSA) is 39.9 Å². The molecule has 0 radical (unpaired) electrons. The molecule has 0 bridgehead atoms. The zero-order valence-electron chi connectivity index (χ0n) is 13.2. The van der Waals surface area contributed by atoms with Crippen molar-refractivity contribution in [1.29, 1.82) is 0 Å². The summed E-state index contributed by atoms with van der Waals surface area (Å²) in [5.41, 5.74) is 4.19. The average Bonchev–Trinajstić information content (AvgIpc) is 2.82. The summed E-state index contributed by atoms with van der Waals surface area (Å²) in [6.45, 7) is 8.71. The number of ether oxygens (including phenoxy) is 1. The standard InChI is InChI=1S/C16H23N3O/c1-7-11-10-13(20-6)14(12-8-9-17-19(12)5)18-15(11)16(2,3)4/h8-10H,7H2,1-6H3. The number of aromatic nitrogens is 3. The van der Waals surface area contributed by atoms with Crippen LogP contribution in [0.4, 0.5) is 0 Å². The summed E-state index contributed by atoms with van der Waals surface area (Å²) in [5.74, 6) is 0.804. The Balaban J connectivity index is 2.71. The van der Waals surface area contributed by atoms with Crippen LogP contribution >= 0.6 is 0 Å². The lowest BCUT2D eigenvalue weighted by atomic mass is 9.87.